The number of rotatable bonds is 3. The average Bonchev–Trinajstić information content (AvgIpc) is 2.11. The average molecular weight is 301 g/mol. The number of aliphatic carboxylic acids is 3. The Morgan fingerprint density at radius 1 is 0.850 bits per heavy atom. The van der Waals surface area contributed by atoms with E-state index in [2.05, 4.69) is 6.92 Å². The van der Waals surface area contributed by atoms with E-state index in [4.69, 9.17) is 29.7 Å². The first-order valence-corrected chi connectivity index (χ1v) is 5.28. The molecular weight excluding hydrogens is 278 g/mol. The zero-order chi connectivity index (χ0) is 15.6. The van der Waals surface area contributed by atoms with E-state index in [-0.39, 0.29) is 44.6 Å². The molecule has 0 bridgehead atoms. The number of unbranched alkanes of at least 4 members (excludes halogenated alkanes) is 2. The largest absolute Gasteiger partial charge is 1.00 e. The van der Waals surface area contributed by atoms with Gasteiger partial charge in [0.05, 0.1) is 0 Å². The van der Waals surface area contributed by atoms with Crippen LogP contribution < -0.4 is 34.7 Å². The maximum atomic E-state index is 9.69. The molecule has 0 amide bonds. The second-order valence-corrected chi connectivity index (χ2v) is 2.97. The van der Waals surface area contributed by atoms with Crippen molar-refractivity contribution < 1.29 is 64.4 Å². The minimum atomic E-state index is -0.833. The Kier molecular flexibility index (Phi) is 66.3. The summed E-state index contributed by atoms with van der Waals surface area (Å²) in [5, 5.41) is 31.9. The second kappa shape index (κ2) is 36.2. The maximum Gasteiger partial charge on any atom is 1.00 e. The van der Waals surface area contributed by atoms with Crippen molar-refractivity contribution in [2.24, 2.45) is 0 Å². The van der Waals surface area contributed by atoms with Gasteiger partial charge in [0.2, 0.25) is 0 Å². The van der Waals surface area contributed by atoms with Gasteiger partial charge in [-0.3, -0.25) is 14.4 Å². The summed E-state index contributed by atoms with van der Waals surface area (Å²) in [7, 11) is 0. The van der Waals surface area contributed by atoms with Crippen LogP contribution in [0.5, 0.6) is 0 Å². The van der Waals surface area contributed by atoms with Crippen LogP contribution in [0.15, 0.2) is 0 Å². The molecule has 113 valence electrons. The summed E-state index contributed by atoms with van der Waals surface area (Å²) in [6, 6.07) is 0. The van der Waals surface area contributed by atoms with E-state index in [1.165, 1.54) is 0 Å². The normalized spacial score (nSPS) is 6.45. The van der Waals surface area contributed by atoms with Crippen LogP contribution >= 0.6 is 0 Å². The van der Waals surface area contributed by atoms with Gasteiger partial charge in [-0.25, -0.2) is 0 Å². The SMILES string of the molecule is CC(=O)O.CC(=O)O.CC(=O)O.CCCCC[O-].[B].[Na+]. The molecule has 7 nitrogen and oxygen atoms in total. The Morgan fingerprint density at radius 2 is 1.05 bits per heavy atom. The Morgan fingerprint density at radius 3 is 1.10 bits per heavy atom. The van der Waals surface area contributed by atoms with Crippen LogP contribution in [0.1, 0.15) is 47.0 Å². The molecule has 0 aliphatic heterocycles. The Labute approximate surface area is 144 Å². The van der Waals surface area contributed by atoms with E-state index in [0.29, 0.717) is 0 Å². The molecule has 0 fully saturated rings. The van der Waals surface area contributed by atoms with Crippen LogP contribution in [0.4, 0.5) is 0 Å². The number of hydrogen-bond acceptors (Lipinski definition) is 4. The van der Waals surface area contributed by atoms with Gasteiger partial charge in [0.1, 0.15) is 0 Å². The Balaban J connectivity index is -0.0000000322. The number of carboxylic acid groups (broad SMARTS) is 3. The molecule has 0 aliphatic rings. The summed E-state index contributed by atoms with van der Waals surface area (Å²) >= 11 is 0. The Bertz CT molecular complexity index is 168. The molecule has 0 atom stereocenters. The first-order valence-electron chi connectivity index (χ1n) is 5.28. The van der Waals surface area contributed by atoms with Gasteiger partial charge in [-0.1, -0.05) is 26.2 Å². The molecule has 0 aromatic rings. The first-order chi connectivity index (χ1) is 8.11. The summed E-state index contributed by atoms with van der Waals surface area (Å²) in [4.78, 5) is 27.0. The fourth-order valence-electron chi connectivity index (χ4n) is 0.352. The van der Waals surface area contributed by atoms with E-state index < -0.39 is 17.9 Å². The van der Waals surface area contributed by atoms with Crippen molar-refractivity contribution >= 4 is 26.3 Å². The molecule has 0 unspecified atom stereocenters. The van der Waals surface area contributed by atoms with E-state index >= 15 is 0 Å². The third kappa shape index (κ3) is 794. The van der Waals surface area contributed by atoms with Crippen molar-refractivity contribution in [3.8, 4) is 0 Å². The molecule has 0 rings (SSSR count). The van der Waals surface area contributed by atoms with Gasteiger partial charge >= 0.3 is 29.6 Å². The minimum Gasteiger partial charge on any atom is -0.854 e. The van der Waals surface area contributed by atoms with Gasteiger partial charge < -0.3 is 20.4 Å². The standard InChI is InChI=1S/C5H11O.3C2H4O2.B.Na/c1-2-3-4-5-6;3*1-2(3)4;;/h2-5H2,1H3;3*1H3,(H,3,4);;/q-1;;;;;+1. The fraction of sp³-hybridized carbons (Fsp3) is 0.727. The Hall–Kier alpha value is -0.565. The van der Waals surface area contributed by atoms with Crippen molar-refractivity contribution in [2.75, 3.05) is 6.61 Å². The zero-order valence-corrected chi connectivity index (χ0v) is 14.9. The van der Waals surface area contributed by atoms with Crippen molar-refractivity contribution in [1.29, 1.82) is 0 Å². The van der Waals surface area contributed by atoms with Gasteiger partial charge in [-0.15, -0.1) is 6.61 Å². The summed E-state index contributed by atoms with van der Waals surface area (Å²) in [5.74, 6) is -2.50. The molecule has 0 spiro atoms. The third-order valence-corrected chi connectivity index (χ3v) is 0.748. The van der Waals surface area contributed by atoms with Crippen molar-refractivity contribution in [1.82, 2.24) is 0 Å². The van der Waals surface area contributed by atoms with Gasteiger partial charge in [-0.05, 0) is 0 Å². The maximum absolute atomic E-state index is 9.69. The number of carboxylic acids is 3. The van der Waals surface area contributed by atoms with Crippen LogP contribution in [0.3, 0.4) is 0 Å². The number of carbonyl (C=O) groups is 3. The zero-order valence-electron chi connectivity index (χ0n) is 12.9. The van der Waals surface area contributed by atoms with Crippen LogP contribution in [0.25, 0.3) is 0 Å². The molecule has 0 aliphatic carbocycles. The molecule has 0 heterocycles. The van der Waals surface area contributed by atoms with Crippen LogP contribution in [-0.4, -0.2) is 48.2 Å². The third-order valence-electron chi connectivity index (χ3n) is 0.748. The van der Waals surface area contributed by atoms with Crippen molar-refractivity contribution in [2.45, 2.75) is 47.0 Å². The molecule has 3 radical (unpaired) electrons. The fourth-order valence-corrected chi connectivity index (χ4v) is 0.352. The van der Waals surface area contributed by atoms with E-state index in [0.717, 1.165) is 40.0 Å². The predicted molar refractivity (Wildman–Crippen MR) is 70.1 cm³/mol. The second-order valence-electron chi connectivity index (χ2n) is 2.97. The van der Waals surface area contributed by atoms with E-state index in [9.17, 15) is 5.11 Å². The van der Waals surface area contributed by atoms with Gasteiger partial charge in [0.15, 0.2) is 0 Å². The van der Waals surface area contributed by atoms with Crippen LogP contribution in [0.2, 0.25) is 0 Å². The summed E-state index contributed by atoms with van der Waals surface area (Å²) in [6.07, 6.45) is 3.11. The quantitative estimate of drug-likeness (QED) is 0.385. The van der Waals surface area contributed by atoms with Crippen LogP contribution in [0, 0.1) is 0 Å². The van der Waals surface area contributed by atoms with E-state index in [1.54, 1.807) is 0 Å². The molecule has 9 heteroatoms. The van der Waals surface area contributed by atoms with Crippen LogP contribution in [-0.2, 0) is 14.4 Å². The van der Waals surface area contributed by atoms with Gasteiger partial charge in [-0.2, -0.15) is 0 Å². The molecule has 3 N–H and O–H groups in total. The van der Waals surface area contributed by atoms with Gasteiger partial charge in [0, 0.05) is 29.2 Å². The minimum absolute atomic E-state index is 0. The van der Waals surface area contributed by atoms with Crippen molar-refractivity contribution in [3.63, 3.8) is 0 Å². The molecule has 0 aromatic heterocycles. The molecular formula is C11H23BNaO7. The van der Waals surface area contributed by atoms with Gasteiger partial charge in [0.25, 0.3) is 17.9 Å². The summed E-state index contributed by atoms with van der Waals surface area (Å²) < 4.78 is 0. The topological polar surface area (TPSA) is 135 Å². The van der Waals surface area contributed by atoms with E-state index in [1.807, 2.05) is 0 Å². The number of hydrogen-bond donors (Lipinski definition) is 3. The first kappa shape index (κ1) is 36.6. The molecule has 0 saturated carbocycles. The monoisotopic (exact) mass is 301 g/mol. The molecule has 0 saturated heterocycles. The summed E-state index contributed by atoms with van der Waals surface area (Å²) in [6.45, 7) is 5.45. The molecule has 0 aromatic carbocycles. The molecule has 20 heavy (non-hydrogen) atoms. The summed E-state index contributed by atoms with van der Waals surface area (Å²) in [5.41, 5.74) is 0. The predicted octanol–water partition coefficient (Wildman–Crippen LogP) is -2.57. The van der Waals surface area contributed by atoms with Crippen molar-refractivity contribution in [3.05, 3.63) is 0 Å². The smallest absolute Gasteiger partial charge is 0.854 e.